The van der Waals surface area contributed by atoms with E-state index in [1.807, 2.05) is 31.2 Å². The van der Waals surface area contributed by atoms with E-state index in [1.165, 1.54) is 21.7 Å². The van der Waals surface area contributed by atoms with Gasteiger partial charge in [-0.25, -0.2) is 4.98 Å². The van der Waals surface area contributed by atoms with Gasteiger partial charge in [0.1, 0.15) is 15.8 Å². The molecule has 1 saturated heterocycles. The second-order valence-corrected chi connectivity index (χ2v) is 8.74. The Bertz CT molecular complexity index is 1220. The first-order chi connectivity index (χ1) is 15.1. The van der Waals surface area contributed by atoms with Gasteiger partial charge in [0.2, 0.25) is 0 Å². The SMILES string of the molecule is CCNc1nc2ccccn2c(=O)c1C=C1SC(=S)N(CCCc2ccccc2)C1=O. The molecule has 1 aromatic carbocycles. The van der Waals surface area contributed by atoms with Crippen molar-refractivity contribution in [3.8, 4) is 0 Å². The summed E-state index contributed by atoms with van der Waals surface area (Å²) in [4.78, 5) is 32.7. The molecule has 1 N–H and O–H groups in total. The summed E-state index contributed by atoms with van der Waals surface area (Å²) in [5.41, 5.74) is 1.91. The van der Waals surface area contributed by atoms with Crippen molar-refractivity contribution in [1.29, 1.82) is 0 Å². The first-order valence-corrected chi connectivity index (χ1v) is 11.4. The molecule has 0 bridgehead atoms. The van der Waals surface area contributed by atoms with Crippen molar-refractivity contribution in [2.45, 2.75) is 19.8 Å². The summed E-state index contributed by atoms with van der Waals surface area (Å²) in [5.74, 6) is 0.302. The number of fused-ring (bicyclic) bond motifs is 1. The number of aryl methyl sites for hydroxylation is 1. The van der Waals surface area contributed by atoms with Gasteiger partial charge in [0.05, 0.1) is 10.5 Å². The molecule has 0 spiro atoms. The van der Waals surface area contributed by atoms with E-state index < -0.39 is 0 Å². The number of aromatic nitrogens is 2. The molecule has 6 nitrogen and oxygen atoms in total. The van der Waals surface area contributed by atoms with Crippen LogP contribution in [-0.2, 0) is 11.2 Å². The van der Waals surface area contributed by atoms with Crippen LogP contribution in [0.25, 0.3) is 11.7 Å². The fraction of sp³-hybridized carbons (Fsp3) is 0.217. The molecule has 3 aromatic rings. The molecular formula is C23H22N4O2S2. The lowest BCUT2D eigenvalue weighted by molar-refractivity contribution is -0.122. The summed E-state index contributed by atoms with van der Waals surface area (Å²) >= 11 is 6.68. The van der Waals surface area contributed by atoms with Crippen LogP contribution >= 0.6 is 24.0 Å². The molecule has 0 radical (unpaired) electrons. The Morgan fingerprint density at radius 3 is 2.68 bits per heavy atom. The van der Waals surface area contributed by atoms with Gasteiger partial charge in [0, 0.05) is 19.3 Å². The maximum absolute atomic E-state index is 13.1. The Hall–Kier alpha value is -2.97. The summed E-state index contributed by atoms with van der Waals surface area (Å²) in [6.07, 6.45) is 4.97. The molecule has 158 valence electrons. The zero-order valence-corrected chi connectivity index (χ0v) is 18.7. The summed E-state index contributed by atoms with van der Waals surface area (Å²) in [7, 11) is 0. The monoisotopic (exact) mass is 450 g/mol. The number of hydrogen-bond acceptors (Lipinski definition) is 6. The number of hydrogen-bond donors (Lipinski definition) is 1. The van der Waals surface area contributed by atoms with E-state index >= 15 is 0 Å². The van der Waals surface area contributed by atoms with E-state index in [0.29, 0.717) is 39.3 Å². The van der Waals surface area contributed by atoms with E-state index in [9.17, 15) is 9.59 Å². The van der Waals surface area contributed by atoms with Crippen molar-refractivity contribution >= 4 is 51.7 Å². The van der Waals surface area contributed by atoms with E-state index in [1.54, 1.807) is 29.3 Å². The van der Waals surface area contributed by atoms with Crippen molar-refractivity contribution in [3.05, 3.63) is 81.1 Å². The normalized spacial score (nSPS) is 15.3. The molecule has 2 aromatic heterocycles. The molecule has 1 aliphatic rings. The van der Waals surface area contributed by atoms with Crippen LogP contribution in [0.4, 0.5) is 5.82 Å². The van der Waals surface area contributed by atoms with Crippen LogP contribution in [0, 0.1) is 0 Å². The second-order valence-electron chi connectivity index (χ2n) is 7.06. The Morgan fingerprint density at radius 2 is 1.90 bits per heavy atom. The Morgan fingerprint density at radius 1 is 1.13 bits per heavy atom. The Labute approximate surface area is 190 Å². The van der Waals surface area contributed by atoms with Crippen molar-refractivity contribution in [1.82, 2.24) is 14.3 Å². The van der Waals surface area contributed by atoms with Crippen molar-refractivity contribution in [2.75, 3.05) is 18.4 Å². The number of amides is 1. The number of thiocarbonyl (C=S) groups is 1. The van der Waals surface area contributed by atoms with Crippen LogP contribution < -0.4 is 10.9 Å². The number of rotatable bonds is 7. The highest BCUT2D eigenvalue weighted by Gasteiger charge is 2.32. The fourth-order valence-electron chi connectivity index (χ4n) is 3.44. The number of nitrogens with zero attached hydrogens (tertiary/aromatic N) is 3. The minimum absolute atomic E-state index is 0.164. The number of carbonyl (C=O) groups excluding carboxylic acids is 1. The number of carbonyl (C=O) groups is 1. The highest BCUT2D eigenvalue weighted by Crippen LogP contribution is 2.33. The van der Waals surface area contributed by atoms with E-state index in [4.69, 9.17) is 12.2 Å². The predicted molar refractivity (Wildman–Crippen MR) is 130 cm³/mol. The van der Waals surface area contributed by atoms with Crippen LogP contribution in [-0.4, -0.2) is 37.6 Å². The van der Waals surface area contributed by atoms with Crippen LogP contribution in [0.15, 0.2) is 64.4 Å². The van der Waals surface area contributed by atoms with Gasteiger partial charge in [-0.2, -0.15) is 0 Å². The third-order valence-corrected chi connectivity index (χ3v) is 6.33. The molecule has 0 saturated carbocycles. The molecule has 0 unspecified atom stereocenters. The molecule has 0 aliphatic carbocycles. The zero-order valence-electron chi connectivity index (χ0n) is 17.1. The van der Waals surface area contributed by atoms with Gasteiger partial charge in [-0.15, -0.1) is 0 Å². The van der Waals surface area contributed by atoms with Crippen LogP contribution in [0.5, 0.6) is 0 Å². The van der Waals surface area contributed by atoms with Gasteiger partial charge >= 0.3 is 0 Å². The van der Waals surface area contributed by atoms with Crippen LogP contribution in [0.1, 0.15) is 24.5 Å². The molecule has 0 atom stereocenters. The minimum atomic E-state index is -0.226. The lowest BCUT2D eigenvalue weighted by Gasteiger charge is -2.14. The highest BCUT2D eigenvalue weighted by atomic mass is 32.2. The van der Waals surface area contributed by atoms with Crippen molar-refractivity contribution in [3.63, 3.8) is 0 Å². The maximum Gasteiger partial charge on any atom is 0.267 e. The fourth-order valence-corrected chi connectivity index (χ4v) is 4.74. The smallest absolute Gasteiger partial charge is 0.267 e. The molecule has 8 heteroatoms. The predicted octanol–water partition coefficient (Wildman–Crippen LogP) is 3.96. The average Bonchev–Trinajstić information content (AvgIpc) is 3.05. The van der Waals surface area contributed by atoms with Gasteiger partial charge in [0.25, 0.3) is 11.5 Å². The van der Waals surface area contributed by atoms with Gasteiger partial charge in [-0.1, -0.05) is 60.4 Å². The zero-order chi connectivity index (χ0) is 21.8. The van der Waals surface area contributed by atoms with Crippen molar-refractivity contribution in [2.24, 2.45) is 0 Å². The lowest BCUT2D eigenvalue weighted by atomic mass is 10.1. The van der Waals surface area contributed by atoms with E-state index in [2.05, 4.69) is 22.4 Å². The Balaban J connectivity index is 1.59. The van der Waals surface area contributed by atoms with Crippen LogP contribution in [0.2, 0.25) is 0 Å². The van der Waals surface area contributed by atoms with E-state index in [0.717, 1.165) is 12.8 Å². The first-order valence-electron chi connectivity index (χ1n) is 10.1. The number of nitrogens with one attached hydrogen (secondary N) is 1. The molecule has 31 heavy (non-hydrogen) atoms. The third-order valence-electron chi connectivity index (χ3n) is 4.95. The molecule has 3 heterocycles. The number of anilines is 1. The summed E-state index contributed by atoms with van der Waals surface area (Å²) in [5, 5.41) is 3.14. The Kier molecular flexibility index (Phi) is 6.48. The molecule has 1 fully saturated rings. The molecular weight excluding hydrogens is 428 g/mol. The van der Waals surface area contributed by atoms with Gasteiger partial charge < -0.3 is 5.32 Å². The summed E-state index contributed by atoms with van der Waals surface area (Å²) < 4.78 is 2.00. The highest BCUT2D eigenvalue weighted by molar-refractivity contribution is 8.26. The summed E-state index contributed by atoms with van der Waals surface area (Å²) in [6, 6.07) is 15.5. The number of thioether (sulfide) groups is 1. The van der Waals surface area contributed by atoms with Crippen LogP contribution in [0.3, 0.4) is 0 Å². The minimum Gasteiger partial charge on any atom is -0.370 e. The second kappa shape index (κ2) is 9.45. The summed E-state index contributed by atoms with van der Waals surface area (Å²) in [6.45, 7) is 3.09. The molecule has 1 amide bonds. The van der Waals surface area contributed by atoms with Crippen molar-refractivity contribution < 1.29 is 4.79 Å². The standard InChI is InChI=1S/C23H22N4O2S2/c1-2-24-20-17(21(28)26-13-7-6-12-19(26)25-20)15-18-22(29)27(23(30)31-18)14-8-11-16-9-4-3-5-10-16/h3-7,9-10,12-13,15,24H,2,8,11,14H2,1H3. The quantitative estimate of drug-likeness (QED) is 0.434. The topological polar surface area (TPSA) is 66.7 Å². The van der Waals surface area contributed by atoms with Gasteiger partial charge in [-0.3, -0.25) is 18.9 Å². The lowest BCUT2D eigenvalue weighted by Crippen LogP contribution is -2.29. The van der Waals surface area contributed by atoms with Gasteiger partial charge in [0.15, 0.2) is 0 Å². The average molecular weight is 451 g/mol. The first kappa shape index (κ1) is 21.3. The third kappa shape index (κ3) is 4.55. The number of pyridine rings is 1. The maximum atomic E-state index is 13.1. The molecule has 1 aliphatic heterocycles. The number of benzene rings is 1. The molecule has 4 rings (SSSR count). The van der Waals surface area contributed by atoms with E-state index in [-0.39, 0.29) is 11.5 Å². The largest absolute Gasteiger partial charge is 0.370 e. The van der Waals surface area contributed by atoms with Gasteiger partial charge in [-0.05, 0) is 43.5 Å².